The second-order valence-electron chi connectivity index (χ2n) is 4.40. The fourth-order valence-electron chi connectivity index (χ4n) is 2.67. The average Bonchev–Trinajstić information content (AvgIpc) is 2.72. The van der Waals surface area contributed by atoms with Crippen LogP contribution in [0.5, 0.6) is 0 Å². The van der Waals surface area contributed by atoms with Crippen molar-refractivity contribution in [1.29, 1.82) is 0 Å². The van der Waals surface area contributed by atoms with Gasteiger partial charge in [0.1, 0.15) is 0 Å². The molecule has 0 aromatic carbocycles. The summed E-state index contributed by atoms with van der Waals surface area (Å²) in [6, 6.07) is 2.14. The Kier molecular flexibility index (Phi) is 3.24. The van der Waals surface area contributed by atoms with Crippen LogP contribution in [0.2, 0.25) is 0 Å². The molecule has 0 amide bonds. The van der Waals surface area contributed by atoms with Gasteiger partial charge in [-0.2, -0.15) is 0 Å². The molecule has 0 N–H and O–H groups in total. The molecule has 2 heteroatoms. The van der Waals surface area contributed by atoms with Crippen LogP contribution in [0.15, 0.2) is 12.3 Å². The van der Waals surface area contributed by atoms with E-state index in [9.17, 15) is 4.79 Å². The van der Waals surface area contributed by atoms with E-state index in [0.29, 0.717) is 5.92 Å². The lowest BCUT2D eigenvalue weighted by Crippen LogP contribution is -2.08. The number of hydrogen-bond acceptors (Lipinski definition) is 1. The predicted molar refractivity (Wildman–Crippen MR) is 61.3 cm³/mol. The number of aromatic nitrogens is 1. The monoisotopic (exact) mass is 205 g/mol. The van der Waals surface area contributed by atoms with E-state index in [1.54, 1.807) is 0 Å². The Balaban J connectivity index is 2.25. The van der Waals surface area contributed by atoms with Gasteiger partial charge in [0.05, 0.1) is 5.69 Å². The molecule has 1 heterocycles. The maximum atomic E-state index is 11.1. The van der Waals surface area contributed by atoms with Crippen molar-refractivity contribution in [3.8, 4) is 0 Å². The van der Waals surface area contributed by atoms with Crippen molar-refractivity contribution in [2.45, 2.75) is 51.5 Å². The first-order valence-electron chi connectivity index (χ1n) is 6.01. The van der Waals surface area contributed by atoms with E-state index >= 15 is 0 Å². The van der Waals surface area contributed by atoms with Gasteiger partial charge in [0, 0.05) is 12.7 Å². The molecule has 1 aliphatic rings. The van der Waals surface area contributed by atoms with Crippen LogP contribution in [0.4, 0.5) is 0 Å². The molecule has 1 saturated carbocycles. The molecular weight excluding hydrogens is 186 g/mol. The third kappa shape index (κ3) is 1.99. The lowest BCUT2D eigenvalue weighted by molar-refractivity contribution is 0.111. The summed E-state index contributed by atoms with van der Waals surface area (Å²) in [5.41, 5.74) is 2.19. The van der Waals surface area contributed by atoms with E-state index in [0.717, 1.165) is 18.5 Å². The topological polar surface area (TPSA) is 22.0 Å². The zero-order valence-corrected chi connectivity index (χ0v) is 9.41. The smallest absolute Gasteiger partial charge is 0.166 e. The van der Waals surface area contributed by atoms with Crippen LogP contribution in [0.1, 0.15) is 61.0 Å². The molecule has 0 atom stereocenters. The average molecular weight is 205 g/mol. The van der Waals surface area contributed by atoms with Crippen molar-refractivity contribution >= 4 is 6.29 Å². The Hall–Kier alpha value is -1.05. The summed E-state index contributed by atoms with van der Waals surface area (Å²) in [5, 5.41) is 0. The highest BCUT2D eigenvalue weighted by Gasteiger charge is 2.20. The van der Waals surface area contributed by atoms with E-state index in [1.165, 1.54) is 37.7 Å². The largest absolute Gasteiger partial charge is 0.345 e. The number of nitrogens with zero attached hydrogens (tertiary/aromatic N) is 1. The molecule has 1 aromatic heterocycles. The number of carbonyl (C=O) groups is 1. The molecule has 2 nitrogen and oxygen atoms in total. The quantitative estimate of drug-likeness (QED) is 0.693. The first-order chi connectivity index (χ1) is 7.36. The second kappa shape index (κ2) is 4.65. The Bertz CT molecular complexity index is 334. The van der Waals surface area contributed by atoms with Crippen molar-refractivity contribution in [2.24, 2.45) is 0 Å². The van der Waals surface area contributed by atoms with Crippen LogP contribution < -0.4 is 0 Å². The zero-order chi connectivity index (χ0) is 10.7. The van der Waals surface area contributed by atoms with Gasteiger partial charge in [-0.3, -0.25) is 4.79 Å². The molecule has 1 aromatic rings. The van der Waals surface area contributed by atoms with Crippen molar-refractivity contribution in [2.75, 3.05) is 0 Å². The Morgan fingerprint density at radius 2 is 2.13 bits per heavy atom. The van der Waals surface area contributed by atoms with Gasteiger partial charge in [-0.05, 0) is 37.3 Å². The predicted octanol–water partition coefficient (Wildman–Crippen LogP) is 3.37. The lowest BCUT2D eigenvalue weighted by Gasteiger charge is -2.21. The summed E-state index contributed by atoms with van der Waals surface area (Å²) < 4.78 is 2.05. The van der Waals surface area contributed by atoms with E-state index in [2.05, 4.69) is 17.6 Å². The van der Waals surface area contributed by atoms with Crippen LogP contribution in [0.3, 0.4) is 0 Å². The summed E-state index contributed by atoms with van der Waals surface area (Å²) >= 11 is 0. The van der Waals surface area contributed by atoms with Gasteiger partial charge < -0.3 is 4.57 Å². The Morgan fingerprint density at radius 1 is 1.40 bits per heavy atom. The minimum absolute atomic E-state index is 0.631. The number of aryl methyl sites for hydroxylation is 1. The fraction of sp³-hybridized carbons (Fsp3) is 0.615. The zero-order valence-electron chi connectivity index (χ0n) is 9.41. The normalized spacial score (nSPS) is 17.9. The first-order valence-corrected chi connectivity index (χ1v) is 6.01. The lowest BCUT2D eigenvalue weighted by atomic mass is 9.84. The molecule has 0 bridgehead atoms. The van der Waals surface area contributed by atoms with Gasteiger partial charge in [0.2, 0.25) is 0 Å². The van der Waals surface area contributed by atoms with Gasteiger partial charge in [-0.15, -0.1) is 0 Å². The van der Waals surface area contributed by atoms with Gasteiger partial charge in [-0.25, -0.2) is 0 Å². The van der Waals surface area contributed by atoms with E-state index in [-0.39, 0.29) is 0 Å². The summed E-state index contributed by atoms with van der Waals surface area (Å²) in [5.74, 6) is 0.631. The number of aldehydes is 1. The van der Waals surface area contributed by atoms with Gasteiger partial charge >= 0.3 is 0 Å². The third-order valence-corrected chi connectivity index (χ3v) is 3.54. The van der Waals surface area contributed by atoms with E-state index < -0.39 is 0 Å². The van der Waals surface area contributed by atoms with Gasteiger partial charge in [0.15, 0.2) is 6.29 Å². The second-order valence-corrected chi connectivity index (χ2v) is 4.40. The Morgan fingerprint density at radius 3 is 2.73 bits per heavy atom. The van der Waals surface area contributed by atoms with Crippen LogP contribution in [-0.2, 0) is 6.54 Å². The maximum Gasteiger partial charge on any atom is 0.166 e. The first kappa shape index (κ1) is 10.5. The molecule has 82 valence electrons. The van der Waals surface area contributed by atoms with E-state index in [1.807, 2.05) is 6.20 Å². The third-order valence-electron chi connectivity index (χ3n) is 3.54. The molecule has 0 unspecified atom stereocenters. The molecule has 1 aliphatic carbocycles. The molecule has 0 spiro atoms. The summed E-state index contributed by atoms with van der Waals surface area (Å²) in [7, 11) is 0. The van der Waals surface area contributed by atoms with Gasteiger partial charge in [-0.1, -0.05) is 19.3 Å². The highest BCUT2D eigenvalue weighted by atomic mass is 16.1. The molecule has 1 fully saturated rings. The summed E-state index contributed by atoms with van der Waals surface area (Å²) in [6.07, 6.45) is 9.59. The number of hydrogen-bond donors (Lipinski definition) is 0. The number of carbonyl (C=O) groups excluding carboxylic acids is 1. The van der Waals surface area contributed by atoms with Crippen LogP contribution in [0.25, 0.3) is 0 Å². The molecular formula is C13H19NO. The van der Waals surface area contributed by atoms with Crippen molar-refractivity contribution < 1.29 is 4.79 Å². The van der Waals surface area contributed by atoms with Crippen LogP contribution in [0, 0.1) is 0 Å². The van der Waals surface area contributed by atoms with Crippen molar-refractivity contribution in [3.63, 3.8) is 0 Å². The fourth-order valence-corrected chi connectivity index (χ4v) is 2.67. The van der Waals surface area contributed by atoms with E-state index in [4.69, 9.17) is 0 Å². The molecule has 0 aliphatic heterocycles. The molecule has 2 rings (SSSR count). The molecule has 15 heavy (non-hydrogen) atoms. The summed E-state index contributed by atoms with van der Waals surface area (Å²) in [4.78, 5) is 11.1. The van der Waals surface area contributed by atoms with Crippen molar-refractivity contribution in [3.05, 3.63) is 23.5 Å². The SMILES string of the molecule is CCn1ccc(C2CCCCC2)c1C=O. The van der Waals surface area contributed by atoms with Crippen LogP contribution in [-0.4, -0.2) is 10.9 Å². The minimum Gasteiger partial charge on any atom is -0.345 e. The molecule has 0 radical (unpaired) electrons. The standard InChI is InChI=1S/C13H19NO/c1-2-14-9-8-12(13(14)10-15)11-6-4-3-5-7-11/h8-11H,2-7H2,1H3. The highest BCUT2D eigenvalue weighted by Crippen LogP contribution is 2.34. The summed E-state index contributed by atoms with van der Waals surface area (Å²) in [6.45, 7) is 2.97. The van der Waals surface area contributed by atoms with Gasteiger partial charge in [0.25, 0.3) is 0 Å². The van der Waals surface area contributed by atoms with Crippen LogP contribution >= 0.6 is 0 Å². The maximum absolute atomic E-state index is 11.1. The minimum atomic E-state index is 0.631. The van der Waals surface area contributed by atoms with Crippen molar-refractivity contribution in [1.82, 2.24) is 4.57 Å². The highest BCUT2D eigenvalue weighted by molar-refractivity contribution is 5.75. The number of rotatable bonds is 3. The molecule has 0 saturated heterocycles. The Labute approximate surface area is 91.3 Å².